The van der Waals surface area contributed by atoms with Crippen molar-refractivity contribution < 1.29 is 0 Å². The van der Waals surface area contributed by atoms with E-state index in [0.717, 1.165) is 27.6 Å². The van der Waals surface area contributed by atoms with Gasteiger partial charge in [0, 0.05) is 0 Å². The Morgan fingerprint density at radius 2 is 1.15 bits per heavy atom. The molecule has 0 nitrogen and oxygen atoms in total. The molecular formula is C20H30. The SMILES string of the molecule is C1CC2(C1)CC(C13CCC(C45CC(C4)C5)(CC1)CC3)C2. The van der Waals surface area contributed by atoms with E-state index in [1.165, 1.54) is 5.92 Å². The number of fused-ring (bicyclic) bond motifs is 3. The van der Waals surface area contributed by atoms with E-state index in [-0.39, 0.29) is 0 Å². The largest absolute Gasteiger partial charge is 0.0522 e. The van der Waals surface area contributed by atoms with E-state index in [9.17, 15) is 0 Å². The van der Waals surface area contributed by atoms with Gasteiger partial charge in [0.2, 0.25) is 0 Å². The molecule has 8 saturated carbocycles. The molecule has 0 radical (unpaired) electrons. The average molecular weight is 270 g/mol. The molecule has 0 aromatic carbocycles. The molecule has 8 aliphatic rings. The molecule has 110 valence electrons. The quantitative estimate of drug-likeness (QED) is 0.603. The first-order valence-corrected chi connectivity index (χ1v) is 9.68. The lowest BCUT2D eigenvalue weighted by molar-refractivity contribution is -0.254. The minimum atomic E-state index is 0.853. The summed E-state index contributed by atoms with van der Waals surface area (Å²) in [5.74, 6) is 2.34. The maximum Gasteiger partial charge on any atom is -0.0233 e. The Balaban J connectivity index is 1.21. The van der Waals surface area contributed by atoms with Crippen LogP contribution >= 0.6 is 0 Å². The highest BCUT2D eigenvalue weighted by Gasteiger charge is 2.70. The number of hydrogen-bond donors (Lipinski definition) is 0. The second-order valence-electron chi connectivity index (χ2n) is 10.4. The van der Waals surface area contributed by atoms with Crippen LogP contribution in [0.5, 0.6) is 0 Å². The molecule has 0 atom stereocenters. The van der Waals surface area contributed by atoms with Gasteiger partial charge in [-0.2, -0.15) is 0 Å². The van der Waals surface area contributed by atoms with E-state index in [1.807, 2.05) is 0 Å². The molecule has 0 N–H and O–H groups in total. The molecule has 0 heteroatoms. The van der Waals surface area contributed by atoms with Crippen LogP contribution in [-0.4, -0.2) is 0 Å². The molecule has 0 saturated heterocycles. The first-order valence-electron chi connectivity index (χ1n) is 9.68. The summed E-state index contributed by atoms with van der Waals surface area (Å²) in [6, 6.07) is 0. The van der Waals surface area contributed by atoms with E-state index in [4.69, 9.17) is 0 Å². The highest BCUT2D eigenvalue weighted by atomic mass is 14.7. The van der Waals surface area contributed by atoms with Crippen LogP contribution in [0.15, 0.2) is 0 Å². The monoisotopic (exact) mass is 270 g/mol. The molecule has 0 unspecified atom stereocenters. The van der Waals surface area contributed by atoms with Crippen molar-refractivity contribution in [1.82, 2.24) is 0 Å². The molecule has 0 amide bonds. The van der Waals surface area contributed by atoms with Crippen molar-refractivity contribution >= 4 is 0 Å². The van der Waals surface area contributed by atoms with Crippen molar-refractivity contribution in [3.63, 3.8) is 0 Å². The van der Waals surface area contributed by atoms with Gasteiger partial charge in [-0.05, 0) is 117 Å². The number of rotatable bonds is 2. The zero-order chi connectivity index (χ0) is 13.1. The predicted molar refractivity (Wildman–Crippen MR) is 81.4 cm³/mol. The van der Waals surface area contributed by atoms with Crippen LogP contribution in [0.3, 0.4) is 0 Å². The van der Waals surface area contributed by atoms with E-state index >= 15 is 0 Å². The molecule has 8 rings (SSSR count). The Morgan fingerprint density at radius 1 is 0.550 bits per heavy atom. The third-order valence-corrected chi connectivity index (χ3v) is 10.1. The summed E-state index contributed by atoms with van der Waals surface area (Å²) < 4.78 is 0. The van der Waals surface area contributed by atoms with Crippen LogP contribution in [0, 0.1) is 33.5 Å². The highest BCUT2D eigenvalue weighted by Crippen LogP contribution is 2.80. The third-order valence-electron chi connectivity index (χ3n) is 10.1. The highest BCUT2D eigenvalue weighted by molar-refractivity contribution is 5.20. The fourth-order valence-corrected chi connectivity index (χ4v) is 8.25. The fourth-order valence-electron chi connectivity index (χ4n) is 8.25. The lowest BCUT2D eigenvalue weighted by Gasteiger charge is -2.75. The van der Waals surface area contributed by atoms with Gasteiger partial charge in [0.25, 0.3) is 0 Å². The van der Waals surface area contributed by atoms with Crippen molar-refractivity contribution in [2.45, 2.75) is 89.9 Å². The van der Waals surface area contributed by atoms with Crippen LogP contribution in [0.1, 0.15) is 89.9 Å². The lowest BCUT2D eigenvalue weighted by atomic mass is 9.29. The zero-order valence-corrected chi connectivity index (χ0v) is 13.1. The molecular weight excluding hydrogens is 240 g/mol. The minimum absolute atomic E-state index is 0.853. The number of hydrogen-bond acceptors (Lipinski definition) is 0. The van der Waals surface area contributed by atoms with E-state index in [0.29, 0.717) is 0 Å². The molecule has 0 heterocycles. The smallest absolute Gasteiger partial charge is 0.0233 e. The van der Waals surface area contributed by atoms with Gasteiger partial charge in [0.1, 0.15) is 0 Å². The molecule has 8 aliphatic carbocycles. The van der Waals surface area contributed by atoms with Gasteiger partial charge >= 0.3 is 0 Å². The normalized spacial score (nSPS) is 58.5. The summed E-state index contributed by atoms with van der Waals surface area (Å²) in [5.41, 5.74) is 3.52. The van der Waals surface area contributed by atoms with Crippen molar-refractivity contribution in [2.75, 3.05) is 0 Å². The fraction of sp³-hybridized carbons (Fsp3) is 1.00. The van der Waals surface area contributed by atoms with Gasteiger partial charge in [0.05, 0.1) is 0 Å². The maximum atomic E-state index is 1.65. The molecule has 0 aliphatic heterocycles. The summed E-state index contributed by atoms with van der Waals surface area (Å²) >= 11 is 0. The summed E-state index contributed by atoms with van der Waals surface area (Å²) in [6.07, 6.45) is 22.8. The van der Waals surface area contributed by atoms with E-state index < -0.39 is 0 Å². The zero-order valence-electron chi connectivity index (χ0n) is 13.1. The third kappa shape index (κ3) is 1.09. The van der Waals surface area contributed by atoms with Gasteiger partial charge in [-0.1, -0.05) is 6.42 Å². The predicted octanol–water partition coefficient (Wildman–Crippen LogP) is 5.71. The average Bonchev–Trinajstić information content (AvgIpc) is 2.23. The molecule has 0 aromatic rings. The standard InChI is InChI=1S/C20H30/c1-2-17(3-1)13-16(14-17)18-4-7-19(8-5-18,9-6-18)20-10-15(11-20)12-20/h15-16H,1-14H2. The van der Waals surface area contributed by atoms with Crippen molar-refractivity contribution in [3.8, 4) is 0 Å². The van der Waals surface area contributed by atoms with Crippen LogP contribution in [0.4, 0.5) is 0 Å². The van der Waals surface area contributed by atoms with Gasteiger partial charge in [0.15, 0.2) is 0 Å². The van der Waals surface area contributed by atoms with Gasteiger partial charge in [-0.25, -0.2) is 0 Å². The first kappa shape index (κ1) is 11.6. The maximum absolute atomic E-state index is 1.65. The topological polar surface area (TPSA) is 0 Å². The molecule has 0 aromatic heterocycles. The Labute approximate surface area is 124 Å². The second kappa shape index (κ2) is 3.18. The Kier molecular flexibility index (Phi) is 1.84. The summed E-state index contributed by atoms with van der Waals surface area (Å²) in [4.78, 5) is 0. The Morgan fingerprint density at radius 3 is 1.55 bits per heavy atom. The van der Waals surface area contributed by atoms with Crippen LogP contribution in [0.2, 0.25) is 0 Å². The van der Waals surface area contributed by atoms with Crippen LogP contribution < -0.4 is 0 Å². The van der Waals surface area contributed by atoms with Crippen molar-refractivity contribution in [1.29, 1.82) is 0 Å². The summed E-state index contributed by atoms with van der Waals surface area (Å²) in [7, 11) is 0. The molecule has 8 fully saturated rings. The molecule has 1 spiro atoms. The summed E-state index contributed by atoms with van der Waals surface area (Å²) in [6.45, 7) is 0. The second-order valence-corrected chi connectivity index (χ2v) is 10.4. The van der Waals surface area contributed by atoms with Crippen molar-refractivity contribution in [2.24, 2.45) is 33.5 Å². The first-order chi connectivity index (χ1) is 9.68. The van der Waals surface area contributed by atoms with Crippen LogP contribution in [0.25, 0.3) is 0 Å². The van der Waals surface area contributed by atoms with Crippen LogP contribution in [-0.2, 0) is 0 Å². The van der Waals surface area contributed by atoms with Gasteiger partial charge in [-0.15, -0.1) is 0 Å². The lowest BCUT2D eigenvalue weighted by Crippen LogP contribution is -2.65. The van der Waals surface area contributed by atoms with E-state index in [1.54, 1.807) is 89.9 Å². The molecule has 20 heavy (non-hydrogen) atoms. The summed E-state index contributed by atoms with van der Waals surface area (Å²) in [5, 5.41) is 0. The Hall–Kier alpha value is 0. The Bertz CT molecular complexity index is 419. The van der Waals surface area contributed by atoms with Crippen molar-refractivity contribution in [3.05, 3.63) is 0 Å². The van der Waals surface area contributed by atoms with E-state index in [2.05, 4.69) is 0 Å². The molecule has 4 bridgehead atoms. The minimum Gasteiger partial charge on any atom is -0.0522 e. The van der Waals surface area contributed by atoms with Gasteiger partial charge in [-0.3, -0.25) is 0 Å². The van der Waals surface area contributed by atoms with Gasteiger partial charge < -0.3 is 0 Å².